The topological polar surface area (TPSA) is 65.7 Å². The molecule has 0 amide bonds. The molecule has 6 nitrogen and oxygen atoms in total. The molecule has 3 aromatic rings. The number of ether oxygens (including phenoxy) is 1. The van der Waals surface area contributed by atoms with Gasteiger partial charge >= 0.3 is 5.97 Å². The predicted molar refractivity (Wildman–Crippen MR) is 114 cm³/mol. The maximum absolute atomic E-state index is 12.0. The van der Waals surface area contributed by atoms with Gasteiger partial charge in [-0.15, -0.1) is 11.3 Å². The quantitative estimate of drug-likeness (QED) is 0.409. The van der Waals surface area contributed by atoms with Crippen LogP contribution in [0.15, 0.2) is 30.0 Å². The molecule has 0 unspecified atom stereocenters. The molecule has 0 aliphatic carbocycles. The molecule has 3 heterocycles. The summed E-state index contributed by atoms with van der Waals surface area (Å²) in [7, 11) is -1.83. The van der Waals surface area contributed by atoms with Gasteiger partial charge in [0.2, 0.25) is 0 Å². The minimum Gasteiger partial charge on any atom is -0.461 e. The molecule has 0 N–H and O–H groups in total. The zero-order valence-corrected chi connectivity index (χ0v) is 19.1. The van der Waals surface area contributed by atoms with Crippen LogP contribution in [0.5, 0.6) is 0 Å². The van der Waals surface area contributed by atoms with E-state index in [9.17, 15) is 4.79 Å². The van der Waals surface area contributed by atoms with E-state index >= 15 is 0 Å². The van der Waals surface area contributed by atoms with E-state index in [0.717, 1.165) is 16.1 Å². The van der Waals surface area contributed by atoms with Gasteiger partial charge in [0.05, 0.1) is 35.5 Å². The van der Waals surface area contributed by atoms with Crippen molar-refractivity contribution in [1.29, 1.82) is 0 Å². The van der Waals surface area contributed by atoms with Crippen molar-refractivity contribution in [3.05, 3.63) is 40.6 Å². The third-order valence-corrected chi connectivity index (χ3v) is 10.6. The van der Waals surface area contributed by atoms with Crippen LogP contribution in [0.2, 0.25) is 18.1 Å². The Labute approximate surface area is 170 Å². The number of carbonyl (C=O) groups is 1. The number of hydrogen-bond acceptors (Lipinski definition) is 6. The summed E-state index contributed by atoms with van der Waals surface area (Å²) < 4.78 is 13.2. The number of rotatable bonds is 6. The first kappa shape index (κ1) is 20.7. The zero-order valence-electron chi connectivity index (χ0n) is 17.3. The first-order chi connectivity index (χ1) is 13.1. The Morgan fingerprint density at radius 3 is 2.71 bits per heavy atom. The second kappa shape index (κ2) is 7.77. The molecule has 0 radical (unpaired) electrons. The van der Waals surface area contributed by atoms with Crippen molar-refractivity contribution in [2.45, 2.75) is 52.4 Å². The lowest BCUT2D eigenvalue weighted by atomic mass is 10.2. The molecule has 0 spiro atoms. The molecule has 0 fully saturated rings. The Balaban J connectivity index is 1.86. The standard InChI is InChI=1S/C20H27N3O3SSi/c1-7-25-19(24)15-11-21-17-10-14(8-9-23(15)17)18-16(27-13-22-18)12-26-28(5,6)20(2,3)4/h8-11,13H,7,12H2,1-6H3. The van der Waals surface area contributed by atoms with E-state index in [1.54, 1.807) is 28.9 Å². The van der Waals surface area contributed by atoms with Gasteiger partial charge in [-0.3, -0.25) is 4.40 Å². The number of fused-ring (bicyclic) bond motifs is 1. The fourth-order valence-corrected chi connectivity index (χ4v) is 4.29. The van der Waals surface area contributed by atoms with Crippen LogP contribution in [0, 0.1) is 0 Å². The average Bonchev–Trinajstić information content (AvgIpc) is 3.25. The van der Waals surface area contributed by atoms with Crippen molar-refractivity contribution in [2.75, 3.05) is 6.61 Å². The molecule has 0 bridgehead atoms. The molecule has 0 saturated carbocycles. The monoisotopic (exact) mass is 417 g/mol. The highest BCUT2D eigenvalue weighted by molar-refractivity contribution is 7.10. The van der Waals surface area contributed by atoms with E-state index in [1.165, 1.54) is 0 Å². The molecular formula is C20H27N3O3SSi. The molecule has 0 aliphatic rings. The molecule has 3 aromatic heterocycles. The van der Waals surface area contributed by atoms with Crippen LogP contribution in [0.1, 0.15) is 43.1 Å². The summed E-state index contributed by atoms with van der Waals surface area (Å²) >= 11 is 1.60. The fraction of sp³-hybridized carbons (Fsp3) is 0.450. The van der Waals surface area contributed by atoms with Crippen molar-refractivity contribution >= 4 is 31.3 Å². The Hall–Kier alpha value is -2.03. The van der Waals surface area contributed by atoms with Crippen LogP contribution in [0.25, 0.3) is 16.9 Å². The molecule has 150 valence electrons. The van der Waals surface area contributed by atoms with Crippen molar-refractivity contribution in [3.8, 4) is 11.3 Å². The molecular weight excluding hydrogens is 390 g/mol. The third kappa shape index (κ3) is 4.04. The number of imidazole rings is 1. The van der Waals surface area contributed by atoms with Gasteiger partial charge in [0.15, 0.2) is 14.0 Å². The van der Waals surface area contributed by atoms with Gasteiger partial charge in [0, 0.05) is 11.8 Å². The van der Waals surface area contributed by atoms with Gasteiger partial charge < -0.3 is 9.16 Å². The molecule has 8 heteroatoms. The van der Waals surface area contributed by atoms with E-state index in [-0.39, 0.29) is 11.0 Å². The van der Waals surface area contributed by atoms with E-state index in [2.05, 4.69) is 43.8 Å². The molecule has 0 aromatic carbocycles. The average molecular weight is 418 g/mol. The van der Waals surface area contributed by atoms with Crippen LogP contribution in [-0.2, 0) is 15.8 Å². The van der Waals surface area contributed by atoms with Gasteiger partial charge in [-0.2, -0.15) is 0 Å². The second-order valence-electron chi connectivity index (χ2n) is 8.18. The Morgan fingerprint density at radius 1 is 1.29 bits per heavy atom. The summed E-state index contributed by atoms with van der Waals surface area (Å²) in [6, 6.07) is 3.88. The minimum absolute atomic E-state index is 0.163. The third-order valence-electron chi connectivity index (χ3n) is 5.28. The van der Waals surface area contributed by atoms with Crippen molar-refractivity contribution < 1.29 is 14.0 Å². The van der Waals surface area contributed by atoms with Crippen molar-refractivity contribution in [2.24, 2.45) is 0 Å². The zero-order chi connectivity index (χ0) is 20.5. The lowest BCUT2D eigenvalue weighted by Gasteiger charge is -2.36. The molecule has 28 heavy (non-hydrogen) atoms. The van der Waals surface area contributed by atoms with Gasteiger partial charge in [0.1, 0.15) is 5.65 Å². The Bertz CT molecular complexity index is 988. The second-order valence-corrected chi connectivity index (χ2v) is 13.9. The number of thiazole rings is 1. The van der Waals surface area contributed by atoms with E-state index in [0.29, 0.717) is 24.6 Å². The van der Waals surface area contributed by atoms with Gasteiger partial charge in [-0.25, -0.2) is 14.8 Å². The normalized spacial score (nSPS) is 12.5. The SMILES string of the molecule is CCOC(=O)c1cnc2cc(-c3ncsc3CO[Si](C)(C)C(C)(C)C)ccn12. The van der Waals surface area contributed by atoms with Crippen LogP contribution < -0.4 is 0 Å². The van der Waals surface area contributed by atoms with E-state index in [1.807, 2.05) is 23.8 Å². The minimum atomic E-state index is -1.83. The summed E-state index contributed by atoms with van der Waals surface area (Å²) in [5.74, 6) is -0.375. The molecule has 0 saturated heterocycles. The van der Waals surface area contributed by atoms with Gasteiger partial charge in [0.25, 0.3) is 0 Å². The number of carbonyl (C=O) groups excluding carboxylic acids is 1. The lowest BCUT2D eigenvalue weighted by molar-refractivity contribution is 0.0518. The largest absolute Gasteiger partial charge is 0.461 e. The van der Waals surface area contributed by atoms with Crippen LogP contribution >= 0.6 is 11.3 Å². The Kier molecular flexibility index (Phi) is 5.74. The number of esters is 1. The summed E-state index contributed by atoms with van der Waals surface area (Å²) in [6.07, 6.45) is 3.38. The van der Waals surface area contributed by atoms with Crippen LogP contribution in [-0.4, -0.2) is 35.3 Å². The summed E-state index contributed by atoms with van der Waals surface area (Å²) in [4.78, 5) is 22.1. The number of pyridine rings is 1. The summed E-state index contributed by atoms with van der Waals surface area (Å²) in [5, 5.41) is 0.163. The van der Waals surface area contributed by atoms with Gasteiger partial charge in [-0.1, -0.05) is 20.8 Å². The van der Waals surface area contributed by atoms with Crippen LogP contribution in [0.3, 0.4) is 0 Å². The molecule has 0 aliphatic heterocycles. The number of nitrogens with zero attached hydrogens (tertiary/aromatic N) is 3. The Morgan fingerprint density at radius 2 is 2.04 bits per heavy atom. The first-order valence-corrected chi connectivity index (χ1v) is 13.1. The maximum Gasteiger partial charge on any atom is 0.356 e. The highest BCUT2D eigenvalue weighted by Gasteiger charge is 2.37. The smallest absolute Gasteiger partial charge is 0.356 e. The van der Waals surface area contributed by atoms with E-state index in [4.69, 9.17) is 9.16 Å². The fourth-order valence-electron chi connectivity index (χ4n) is 2.55. The number of aromatic nitrogens is 3. The summed E-state index contributed by atoms with van der Waals surface area (Å²) in [5.41, 5.74) is 4.82. The van der Waals surface area contributed by atoms with Crippen LogP contribution in [0.4, 0.5) is 0 Å². The molecule has 3 rings (SSSR count). The number of hydrogen-bond donors (Lipinski definition) is 0. The first-order valence-electron chi connectivity index (χ1n) is 9.35. The van der Waals surface area contributed by atoms with Crippen molar-refractivity contribution in [3.63, 3.8) is 0 Å². The molecule has 0 atom stereocenters. The predicted octanol–water partition coefficient (Wildman–Crippen LogP) is 5.16. The van der Waals surface area contributed by atoms with Gasteiger partial charge in [-0.05, 0) is 37.2 Å². The highest BCUT2D eigenvalue weighted by atomic mass is 32.1. The summed E-state index contributed by atoms with van der Waals surface area (Å²) in [6.45, 7) is 13.9. The lowest BCUT2D eigenvalue weighted by Crippen LogP contribution is -2.40. The van der Waals surface area contributed by atoms with E-state index < -0.39 is 8.32 Å². The highest BCUT2D eigenvalue weighted by Crippen LogP contribution is 2.38. The maximum atomic E-state index is 12.0. The van der Waals surface area contributed by atoms with Crippen molar-refractivity contribution in [1.82, 2.24) is 14.4 Å².